The van der Waals surface area contributed by atoms with Crippen molar-refractivity contribution < 1.29 is 9.59 Å². The van der Waals surface area contributed by atoms with Gasteiger partial charge in [-0.25, -0.2) is 0 Å². The van der Waals surface area contributed by atoms with E-state index in [0.717, 1.165) is 38.9 Å². The molecule has 2 rings (SSSR count). The Balaban J connectivity index is 2.08. The quantitative estimate of drug-likeness (QED) is 0.857. The minimum atomic E-state index is -0.226. The summed E-state index contributed by atoms with van der Waals surface area (Å²) in [5.74, 6) is 0.958. The van der Waals surface area contributed by atoms with Crippen molar-refractivity contribution in [3.8, 4) is 0 Å². The molecular formula is C16H29N3O2. The summed E-state index contributed by atoms with van der Waals surface area (Å²) in [6, 6.07) is -0.0571. The van der Waals surface area contributed by atoms with Gasteiger partial charge in [0.1, 0.15) is 0 Å². The van der Waals surface area contributed by atoms with Crippen molar-refractivity contribution >= 4 is 11.8 Å². The van der Waals surface area contributed by atoms with E-state index >= 15 is 0 Å². The van der Waals surface area contributed by atoms with Gasteiger partial charge in [0.2, 0.25) is 11.8 Å². The lowest BCUT2D eigenvalue weighted by Crippen LogP contribution is -2.59. The number of hydrogen-bond acceptors (Lipinski definition) is 3. The minimum absolute atomic E-state index is 0.0571. The molecule has 0 radical (unpaired) electrons. The third-order valence-electron chi connectivity index (χ3n) is 4.79. The molecule has 2 aliphatic heterocycles. The Kier molecular flexibility index (Phi) is 4.91. The predicted octanol–water partition coefficient (Wildman–Crippen LogP) is 1.58. The molecule has 1 atom stereocenters. The second-order valence-electron chi connectivity index (χ2n) is 6.67. The predicted molar refractivity (Wildman–Crippen MR) is 82.6 cm³/mol. The van der Waals surface area contributed by atoms with Gasteiger partial charge in [-0.3, -0.25) is 14.9 Å². The molecular weight excluding hydrogens is 266 g/mol. The highest BCUT2D eigenvalue weighted by molar-refractivity contribution is 5.85. The molecule has 21 heavy (non-hydrogen) atoms. The fourth-order valence-electron chi connectivity index (χ4n) is 3.72. The molecule has 0 aliphatic carbocycles. The van der Waals surface area contributed by atoms with Gasteiger partial charge in [0.05, 0.1) is 11.7 Å². The largest absolute Gasteiger partial charge is 0.342 e. The van der Waals surface area contributed by atoms with Crippen LogP contribution in [-0.4, -0.2) is 53.0 Å². The number of nitrogens with one attached hydrogen (secondary N) is 1. The molecule has 5 nitrogen and oxygen atoms in total. The summed E-state index contributed by atoms with van der Waals surface area (Å²) >= 11 is 0. The van der Waals surface area contributed by atoms with Crippen molar-refractivity contribution in [1.82, 2.24) is 15.1 Å². The number of amides is 2. The molecule has 0 aromatic heterocycles. The van der Waals surface area contributed by atoms with Crippen molar-refractivity contribution in [3.63, 3.8) is 0 Å². The van der Waals surface area contributed by atoms with Crippen LogP contribution >= 0.6 is 0 Å². The maximum Gasteiger partial charge on any atom is 0.241 e. The molecule has 1 N–H and O–H groups in total. The van der Waals surface area contributed by atoms with Crippen LogP contribution in [0.25, 0.3) is 0 Å². The lowest BCUT2D eigenvalue weighted by molar-refractivity contribution is -0.136. The first-order chi connectivity index (χ1) is 9.93. The van der Waals surface area contributed by atoms with Crippen LogP contribution in [0.5, 0.6) is 0 Å². The van der Waals surface area contributed by atoms with Crippen molar-refractivity contribution in [3.05, 3.63) is 0 Å². The summed E-state index contributed by atoms with van der Waals surface area (Å²) in [7, 11) is 0. The first-order valence-electron chi connectivity index (χ1n) is 8.30. The standard InChI is InChI=1S/C16H29N3O2/c1-5-14(20)18-9-7-16(8-10-18)17-13(11-12(3)4)15(21)19(16)6-2/h12-13,17H,5-11H2,1-4H3/t13-/m0/s1. The van der Waals surface area contributed by atoms with Crippen LogP contribution in [-0.2, 0) is 9.59 Å². The first-order valence-corrected chi connectivity index (χ1v) is 8.30. The van der Waals surface area contributed by atoms with Crippen molar-refractivity contribution in [2.75, 3.05) is 19.6 Å². The lowest BCUT2D eigenvalue weighted by Gasteiger charge is -2.44. The van der Waals surface area contributed by atoms with Gasteiger partial charge < -0.3 is 9.80 Å². The van der Waals surface area contributed by atoms with Gasteiger partial charge in [-0.15, -0.1) is 0 Å². The summed E-state index contributed by atoms with van der Waals surface area (Å²) in [5, 5.41) is 3.60. The van der Waals surface area contributed by atoms with Gasteiger partial charge in [-0.2, -0.15) is 0 Å². The Morgan fingerprint density at radius 3 is 2.43 bits per heavy atom. The van der Waals surface area contributed by atoms with Gasteiger partial charge in [-0.05, 0) is 19.3 Å². The molecule has 0 aromatic rings. The Labute approximate surface area is 128 Å². The summed E-state index contributed by atoms with van der Waals surface area (Å²) in [6.07, 6.45) is 3.13. The van der Waals surface area contributed by atoms with E-state index in [-0.39, 0.29) is 23.5 Å². The zero-order valence-electron chi connectivity index (χ0n) is 13.8. The molecule has 2 fully saturated rings. The second-order valence-corrected chi connectivity index (χ2v) is 6.67. The molecule has 1 spiro atoms. The SMILES string of the molecule is CCC(=O)N1CCC2(CC1)N[C@@H](CC(C)C)C(=O)N2CC. The van der Waals surface area contributed by atoms with Gasteiger partial charge in [-0.1, -0.05) is 20.8 Å². The zero-order valence-corrected chi connectivity index (χ0v) is 13.8. The third kappa shape index (κ3) is 3.07. The normalized spacial score (nSPS) is 25.2. The molecule has 0 saturated carbocycles. The molecule has 0 aromatic carbocycles. The highest BCUT2D eigenvalue weighted by Gasteiger charge is 2.50. The Morgan fingerprint density at radius 1 is 1.33 bits per heavy atom. The Hall–Kier alpha value is -1.10. The number of carbonyl (C=O) groups excluding carboxylic acids is 2. The molecule has 0 unspecified atom stereocenters. The molecule has 2 saturated heterocycles. The van der Waals surface area contributed by atoms with E-state index in [1.807, 2.05) is 23.6 Å². The van der Waals surface area contributed by atoms with E-state index in [1.165, 1.54) is 0 Å². The number of likely N-dealkylation sites (tertiary alicyclic amines) is 1. The number of nitrogens with zero attached hydrogens (tertiary/aromatic N) is 2. The fourth-order valence-corrected chi connectivity index (χ4v) is 3.72. The van der Waals surface area contributed by atoms with E-state index in [1.54, 1.807) is 0 Å². The average Bonchev–Trinajstić information content (AvgIpc) is 2.70. The van der Waals surface area contributed by atoms with Crippen molar-refractivity contribution in [1.29, 1.82) is 0 Å². The van der Waals surface area contributed by atoms with Crippen molar-refractivity contribution in [2.24, 2.45) is 5.92 Å². The summed E-state index contributed by atoms with van der Waals surface area (Å²) in [6.45, 7) is 10.5. The van der Waals surface area contributed by atoms with Crippen LogP contribution in [0.1, 0.15) is 53.4 Å². The van der Waals surface area contributed by atoms with Crippen molar-refractivity contribution in [2.45, 2.75) is 65.1 Å². The number of piperidine rings is 1. The van der Waals surface area contributed by atoms with E-state index in [9.17, 15) is 9.59 Å². The van der Waals surface area contributed by atoms with Gasteiger partial charge in [0, 0.05) is 38.9 Å². The maximum atomic E-state index is 12.6. The molecule has 5 heteroatoms. The van der Waals surface area contributed by atoms with Gasteiger partial charge >= 0.3 is 0 Å². The van der Waals surface area contributed by atoms with Crippen LogP contribution in [0.2, 0.25) is 0 Å². The van der Waals surface area contributed by atoms with Gasteiger partial charge in [0.15, 0.2) is 0 Å². The van der Waals surface area contributed by atoms with Gasteiger partial charge in [0.25, 0.3) is 0 Å². The van der Waals surface area contributed by atoms with Crippen LogP contribution in [0.4, 0.5) is 0 Å². The monoisotopic (exact) mass is 295 g/mol. The fraction of sp³-hybridized carbons (Fsp3) is 0.875. The van der Waals surface area contributed by atoms with Crippen LogP contribution in [0.15, 0.2) is 0 Å². The summed E-state index contributed by atoms with van der Waals surface area (Å²) in [5.41, 5.74) is -0.226. The number of likely N-dealkylation sites (N-methyl/N-ethyl adjacent to an activating group) is 1. The summed E-state index contributed by atoms with van der Waals surface area (Å²) in [4.78, 5) is 28.4. The highest BCUT2D eigenvalue weighted by Crippen LogP contribution is 2.33. The number of rotatable bonds is 4. The molecule has 0 bridgehead atoms. The van der Waals surface area contributed by atoms with E-state index in [4.69, 9.17) is 0 Å². The first kappa shape index (κ1) is 16.3. The molecule has 2 heterocycles. The third-order valence-corrected chi connectivity index (χ3v) is 4.79. The topological polar surface area (TPSA) is 52.7 Å². The zero-order chi connectivity index (χ0) is 15.6. The molecule has 2 amide bonds. The van der Waals surface area contributed by atoms with Crippen LogP contribution < -0.4 is 5.32 Å². The minimum Gasteiger partial charge on any atom is -0.342 e. The molecule has 120 valence electrons. The lowest BCUT2D eigenvalue weighted by atomic mass is 9.95. The Morgan fingerprint density at radius 2 is 1.95 bits per heavy atom. The molecule has 2 aliphatic rings. The Bertz CT molecular complexity index is 400. The van der Waals surface area contributed by atoms with Crippen LogP contribution in [0.3, 0.4) is 0 Å². The summed E-state index contributed by atoms with van der Waals surface area (Å²) < 4.78 is 0. The van der Waals surface area contributed by atoms with Crippen LogP contribution in [0, 0.1) is 5.92 Å². The number of hydrogen-bond donors (Lipinski definition) is 1. The highest BCUT2D eigenvalue weighted by atomic mass is 16.2. The second kappa shape index (κ2) is 6.34. The van der Waals surface area contributed by atoms with E-state index < -0.39 is 0 Å². The van der Waals surface area contributed by atoms with E-state index in [2.05, 4.69) is 19.2 Å². The average molecular weight is 295 g/mol. The number of carbonyl (C=O) groups is 2. The van der Waals surface area contributed by atoms with E-state index in [0.29, 0.717) is 12.3 Å². The maximum absolute atomic E-state index is 12.6. The smallest absolute Gasteiger partial charge is 0.241 e.